The Hall–Kier alpha value is -3.55. The van der Waals surface area contributed by atoms with Crippen molar-refractivity contribution in [3.63, 3.8) is 0 Å². The Labute approximate surface area is 232 Å². The molecule has 38 heavy (non-hydrogen) atoms. The summed E-state index contributed by atoms with van der Waals surface area (Å²) >= 11 is 12.4. The number of hydrogen-bond donors (Lipinski definition) is 1. The van der Waals surface area contributed by atoms with E-state index < -0.39 is 30.3 Å². The number of halogens is 2. The molecule has 1 amide bonds. The first kappa shape index (κ1) is 29.0. The summed E-state index contributed by atoms with van der Waals surface area (Å²) in [6.07, 6.45) is -0.667. The molecule has 1 atom stereocenters. The van der Waals surface area contributed by atoms with E-state index in [9.17, 15) is 14.4 Å². The zero-order valence-electron chi connectivity index (χ0n) is 21.3. The number of rotatable bonds is 10. The van der Waals surface area contributed by atoms with Crippen LogP contribution in [-0.4, -0.2) is 36.1 Å². The molecule has 3 rings (SSSR count). The van der Waals surface area contributed by atoms with Gasteiger partial charge in [0.25, 0.3) is 0 Å². The minimum absolute atomic E-state index is 0.105. The van der Waals surface area contributed by atoms with E-state index in [1.165, 1.54) is 0 Å². The van der Waals surface area contributed by atoms with Gasteiger partial charge in [0.2, 0.25) is 0 Å². The zero-order valence-corrected chi connectivity index (χ0v) is 22.8. The maximum Gasteiger partial charge on any atom is 0.408 e. The van der Waals surface area contributed by atoms with Crippen molar-refractivity contribution in [1.82, 2.24) is 5.32 Å². The summed E-state index contributed by atoms with van der Waals surface area (Å²) in [4.78, 5) is 37.6. The third-order valence-electron chi connectivity index (χ3n) is 5.22. The van der Waals surface area contributed by atoms with Crippen LogP contribution in [-0.2, 0) is 27.3 Å². The van der Waals surface area contributed by atoms with Crippen LogP contribution < -0.4 is 10.1 Å². The maximum atomic E-state index is 12.9. The lowest BCUT2D eigenvalue weighted by Gasteiger charge is -2.23. The highest BCUT2D eigenvalue weighted by Gasteiger charge is 2.26. The summed E-state index contributed by atoms with van der Waals surface area (Å²) in [6, 6.07) is 19.6. The summed E-state index contributed by atoms with van der Waals surface area (Å²) in [5, 5.41) is 3.57. The van der Waals surface area contributed by atoms with Crippen LogP contribution in [0.1, 0.15) is 42.3 Å². The van der Waals surface area contributed by atoms with Gasteiger partial charge in [-0.25, -0.2) is 9.59 Å². The Morgan fingerprint density at radius 1 is 0.868 bits per heavy atom. The van der Waals surface area contributed by atoms with E-state index >= 15 is 0 Å². The Kier molecular flexibility index (Phi) is 10.2. The maximum absolute atomic E-state index is 12.9. The van der Waals surface area contributed by atoms with Gasteiger partial charge in [-0.05, 0) is 50.6 Å². The molecule has 1 N–H and O–H groups in total. The normalized spacial score (nSPS) is 11.8. The molecule has 3 aromatic carbocycles. The predicted octanol–water partition coefficient (Wildman–Crippen LogP) is 6.43. The van der Waals surface area contributed by atoms with Gasteiger partial charge in [0, 0.05) is 27.6 Å². The molecule has 0 aliphatic heterocycles. The molecule has 7 nitrogen and oxygen atoms in total. The lowest BCUT2D eigenvalue weighted by Crippen LogP contribution is -2.45. The van der Waals surface area contributed by atoms with Gasteiger partial charge in [-0.3, -0.25) is 4.79 Å². The van der Waals surface area contributed by atoms with Gasteiger partial charge in [0.1, 0.15) is 24.0 Å². The van der Waals surface area contributed by atoms with Gasteiger partial charge < -0.3 is 19.5 Å². The van der Waals surface area contributed by atoms with Gasteiger partial charge >= 0.3 is 12.1 Å². The minimum atomic E-state index is -1.08. The van der Waals surface area contributed by atoms with Crippen LogP contribution in [0.5, 0.6) is 5.75 Å². The SMILES string of the molecule is CC(C)(C)OC(=O)N[C@@H](Cc1ccc(OCc2c(Cl)cccc2Cl)cc1)C(=O)OCC(=O)c1ccccc1. The predicted molar refractivity (Wildman–Crippen MR) is 146 cm³/mol. The zero-order chi connectivity index (χ0) is 27.7. The molecule has 0 saturated heterocycles. The molecule has 200 valence electrons. The van der Waals surface area contributed by atoms with Crippen molar-refractivity contribution < 1.29 is 28.6 Å². The van der Waals surface area contributed by atoms with Crippen LogP contribution >= 0.6 is 23.2 Å². The molecule has 0 aromatic heterocycles. The average Bonchev–Trinajstić information content (AvgIpc) is 2.86. The average molecular weight is 558 g/mol. The monoisotopic (exact) mass is 557 g/mol. The number of esters is 1. The minimum Gasteiger partial charge on any atom is -0.489 e. The first-order valence-electron chi connectivity index (χ1n) is 11.9. The summed E-state index contributed by atoms with van der Waals surface area (Å²) in [7, 11) is 0. The van der Waals surface area contributed by atoms with Crippen molar-refractivity contribution in [1.29, 1.82) is 0 Å². The van der Waals surface area contributed by atoms with E-state index in [-0.39, 0.29) is 18.8 Å². The van der Waals surface area contributed by atoms with Crippen LogP contribution in [0.4, 0.5) is 4.79 Å². The van der Waals surface area contributed by atoms with E-state index in [0.29, 0.717) is 26.9 Å². The lowest BCUT2D eigenvalue weighted by atomic mass is 10.1. The van der Waals surface area contributed by atoms with Gasteiger partial charge in [-0.1, -0.05) is 71.7 Å². The highest BCUT2D eigenvalue weighted by atomic mass is 35.5. The van der Waals surface area contributed by atoms with Crippen molar-refractivity contribution in [2.75, 3.05) is 6.61 Å². The molecule has 0 bridgehead atoms. The van der Waals surface area contributed by atoms with Crippen molar-refractivity contribution in [3.8, 4) is 5.75 Å². The van der Waals surface area contributed by atoms with Crippen molar-refractivity contribution in [2.45, 2.75) is 45.4 Å². The number of ether oxygens (including phenoxy) is 3. The molecule has 9 heteroatoms. The summed E-state index contributed by atoms with van der Waals surface area (Å²) in [5.74, 6) is -0.540. The van der Waals surface area contributed by atoms with Crippen LogP contribution in [0.3, 0.4) is 0 Å². The molecule has 0 spiro atoms. The van der Waals surface area contributed by atoms with Gasteiger partial charge in [-0.15, -0.1) is 0 Å². The van der Waals surface area contributed by atoms with E-state index in [1.807, 2.05) is 0 Å². The molecule has 0 unspecified atom stereocenters. The van der Waals surface area contributed by atoms with Gasteiger partial charge in [0.05, 0.1) is 0 Å². The second kappa shape index (κ2) is 13.3. The van der Waals surface area contributed by atoms with Crippen LogP contribution in [0.2, 0.25) is 10.0 Å². The summed E-state index contributed by atoms with van der Waals surface area (Å²) in [6.45, 7) is 4.88. The van der Waals surface area contributed by atoms with Crippen molar-refractivity contribution >= 4 is 41.0 Å². The van der Waals surface area contributed by atoms with Crippen LogP contribution in [0.25, 0.3) is 0 Å². The molecule has 0 aliphatic rings. The largest absolute Gasteiger partial charge is 0.489 e. The number of Topliss-reactive ketones (excluding diaryl/α,β-unsaturated/α-hetero) is 1. The summed E-state index contributed by atoms with van der Waals surface area (Å²) in [5.41, 5.74) is 1.06. The third-order valence-corrected chi connectivity index (χ3v) is 5.93. The number of benzene rings is 3. The fraction of sp³-hybridized carbons (Fsp3) is 0.276. The standard InChI is InChI=1S/C29H29Cl2NO6/c1-29(2,3)38-28(35)32-25(27(34)37-18-26(33)20-8-5-4-6-9-20)16-19-12-14-21(15-13-19)36-17-22-23(30)10-7-11-24(22)31/h4-15,25H,16-18H2,1-3H3,(H,32,35)/t25-/m0/s1. The number of hydrogen-bond acceptors (Lipinski definition) is 6. The molecule has 0 fully saturated rings. The van der Waals surface area contributed by atoms with E-state index in [2.05, 4.69) is 5.32 Å². The number of ketones is 1. The summed E-state index contributed by atoms with van der Waals surface area (Å²) < 4.78 is 16.3. The number of carbonyl (C=O) groups excluding carboxylic acids is 3. The number of alkyl carbamates (subject to hydrolysis) is 1. The number of carbonyl (C=O) groups is 3. The number of nitrogens with one attached hydrogen (secondary N) is 1. The highest BCUT2D eigenvalue weighted by molar-refractivity contribution is 6.35. The Morgan fingerprint density at radius 2 is 1.50 bits per heavy atom. The van der Waals surface area contributed by atoms with E-state index in [0.717, 1.165) is 5.56 Å². The van der Waals surface area contributed by atoms with Crippen molar-refractivity contribution in [3.05, 3.63) is 99.5 Å². The molecule has 0 heterocycles. The van der Waals surface area contributed by atoms with Gasteiger partial charge in [0.15, 0.2) is 12.4 Å². The van der Waals surface area contributed by atoms with Crippen LogP contribution in [0.15, 0.2) is 72.8 Å². The topological polar surface area (TPSA) is 90.9 Å². The van der Waals surface area contributed by atoms with Crippen molar-refractivity contribution in [2.24, 2.45) is 0 Å². The third kappa shape index (κ3) is 9.08. The molecule has 3 aromatic rings. The Balaban J connectivity index is 1.66. The molecule has 0 aliphatic carbocycles. The fourth-order valence-corrected chi connectivity index (χ4v) is 3.88. The quantitative estimate of drug-likeness (QED) is 0.228. The number of amides is 1. The smallest absolute Gasteiger partial charge is 0.408 e. The fourth-order valence-electron chi connectivity index (χ4n) is 3.37. The molecular weight excluding hydrogens is 529 g/mol. The first-order valence-corrected chi connectivity index (χ1v) is 12.7. The first-order chi connectivity index (χ1) is 18.0. The lowest BCUT2D eigenvalue weighted by molar-refractivity contribution is -0.145. The highest BCUT2D eigenvalue weighted by Crippen LogP contribution is 2.26. The van der Waals surface area contributed by atoms with Crippen LogP contribution in [0, 0.1) is 0 Å². The molecule has 0 saturated carbocycles. The van der Waals surface area contributed by atoms with Gasteiger partial charge in [-0.2, -0.15) is 0 Å². The Morgan fingerprint density at radius 3 is 2.11 bits per heavy atom. The second-order valence-electron chi connectivity index (χ2n) is 9.43. The molecule has 0 radical (unpaired) electrons. The molecular formula is C29H29Cl2NO6. The van der Waals surface area contributed by atoms with E-state index in [4.69, 9.17) is 37.4 Å². The van der Waals surface area contributed by atoms with E-state index in [1.54, 1.807) is 93.6 Å². The second-order valence-corrected chi connectivity index (χ2v) is 10.2. The Bertz CT molecular complexity index is 1240.